The van der Waals surface area contributed by atoms with Crippen LogP contribution in [0.5, 0.6) is 0 Å². The number of aromatic carboxylic acids is 1. The first-order valence-corrected chi connectivity index (χ1v) is 3.81. The van der Waals surface area contributed by atoms with Crippen molar-refractivity contribution in [2.45, 2.75) is 12.2 Å². The zero-order valence-corrected chi connectivity index (χ0v) is 7.08. The molecule has 0 aromatic carbocycles. The molecule has 0 radical (unpaired) electrons. The number of aromatic amines is 1. The second-order valence-electron chi connectivity index (χ2n) is 2.70. The van der Waals surface area contributed by atoms with Crippen molar-refractivity contribution in [2.24, 2.45) is 0 Å². The molecule has 1 aromatic rings. The van der Waals surface area contributed by atoms with Gasteiger partial charge in [-0.15, -0.1) is 0 Å². The van der Waals surface area contributed by atoms with Gasteiger partial charge < -0.3 is 20.4 Å². The minimum absolute atomic E-state index is 0.0564. The van der Waals surface area contributed by atoms with Crippen molar-refractivity contribution < 1.29 is 25.2 Å². The maximum atomic E-state index is 10.6. The van der Waals surface area contributed by atoms with Crippen LogP contribution in [0, 0.1) is 0 Å². The summed E-state index contributed by atoms with van der Waals surface area (Å²) in [4.78, 5) is 10.6. The van der Waals surface area contributed by atoms with Crippen molar-refractivity contribution in [1.82, 2.24) is 10.2 Å². The summed E-state index contributed by atoms with van der Waals surface area (Å²) in [6, 6.07) is 0. The number of carboxylic acid groups (broad SMARTS) is 1. The van der Waals surface area contributed by atoms with Crippen LogP contribution in [0.4, 0.5) is 0 Å². The summed E-state index contributed by atoms with van der Waals surface area (Å²) in [6.07, 6.45) is -1.80. The Hall–Kier alpha value is -1.44. The number of carboxylic acids is 1. The van der Waals surface area contributed by atoms with Gasteiger partial charge in [0.05, 0.1) is 12.8 Å². The van der Waals surface area contributed by atoms with Gasteiger partial charge in [-0.3, -0.25) is 5.10 Å². The summed E-state index contributed by atoms with van der Waals surface area (Å²) < 4.78 is 0. The number of hydrogen-bond donors (Lipinski definition) is 5. The fraction of sp³-hybridized carbons (Fsp3) is 0.429. The Kier molecular flexibility index (Phi) is 3.18. The zero-order chi connectivity index (χ0) is 10.7. The quantitative estimate of drug-likeness (QED) is 0.404. The number of nitrogens with one attached hydrogen (secondary N) is 1. The lowest BCUT2D eigenvalue weighted by molar-refractivity contribution is -0.0157. The Morgan fingerprint density at radius 3 is 2.71 bits per heavy atom. The van der Waals surface area contributed by atoms with Crippen molar-refractivity contribution in [3.05, 3.63) is 17.5 Å². The third kappa shape index (κ3) is 1.90. The van der Waals surface area contributed by atoms with Gasteiger partial charge in [-0.1, -0.05) is 0 Å². The van der Waals surface area contributed by atoms with Crippen molar-refractivity contribution in [3.63, 3.8) is 0 Å². The van der Waals surface area contributed by atoms with Gasteiger partial charge in [0.1, 0.15) is 17.9 Å². The maximum Gasteiger partial charge on any atom is 0.354 e. The zero-order valence-electron chi connectivity index (χ0n) is 7.08. The molecule has 0 fully saturated rings. The van der Waals surface area contributed by atoms with E-state index in [9.17, 15) is 9.90 Å². The SMILES string of the molecule is O=C(O)c1[nH]ncc1C(O)C(O)CO. The highest BCUT2D eigenvalue weighted by Gasteiger charge is 2.24. The molecule has 7 nitrogen and oxygen atoms in total. The van der Waals surface area contributed by atoms with Gasteiger partial charge in [-0.05, 0) is 0 Å². The predicted octanol–water partition coefficient (Wildman–Crippen LogP) is -1.51. The first-order chi connectivity index (χ1) is 6.57. The number of nitrogens with zero attached hydrogens (tertiary/aromatic N) is 1. The Labute approximate surface area is 78.6 Å². The van der Waals surface area contributed by atoms with E-state index in [4.69, 9.17) is 15.3 Å². The van der Waals surface area contributed by atoms with E-state index in [1.807, 2.05) is 0 Å². The van der Waals surface area contributed by atoms with Gasteiger partial charge in [0.15, 0.2) is 0 Å². The number of carbonyl (C=O) groups is 1. The molecule has 2 atom stereocenters. The van der Waals surface area contributed by atoms with Crippen LogP contribution in [0.15, 0.2) is 6.20 Å². The van der Waals surface area contributed by atoms with E-state index >= 15 is 0 Å². The number of aliphatic hydroxyl groups excluding tert-OH is 3. The first kappa shape index (κ1) is 10.6. The fourth-order valence-corrected chi connectivity index (χ4v) is 0.998. The van der Waals surface area contributed by atoms with E-state index in [1.165, 1.54) is 0 Å². The Bertz CT molecular complexity index is 324. The minimum Gasteiger partial charge on any atom is -0.477 e. The van der Waals surface area contributed by atoms with Gasteiger partial charge in [-0.2, -0.15) is 5.10 Å². The molecule has 2 unspecified atom stereocenters. The largest absolute Gasteiger partial charge is 0.477 e. The third-order valence-corrected chi connectivity index (χ3v) is 1.75. The van der Waals surface area contributed by atoms with Crippen LogP contribution in [-0.4, -0.2) is 49.3 Å². The molecule has 1 aromatic heterocycles. The van der Waals surface area contributed by atoms with Crippen LogP contribution in [-0.2, 0) is 0 Å². The summed E-state index contributed by atoms with van der Waals surface area (Å²) >= 11 is 0. The van der Waals surface area contributed by atoms with Crippen LogP contribution >= 0.6 is 0 Å². The number of H-pyrrole nitrogens is 1. The maximum absolute atomic E-state index is 10.6. The Morgan fingerprint density at radius 1 is 1.57 bits per heavy atom. The van der Waals surface area contributed by atoms with Crippen molar-refractivity contribution in [3.8, 4) is 0 Å². The van der Waals surface area contributed by atoms with Crippen LogP contribution in [0.3, 0.4) is 0 Å². The lowest BCUT2D eigenvalue weighted by Crippen LogP contribution is -2.23. The average Bonchev–Trinajstić information content (AvgIpc) is 2.63. The minimum atomic E-state index is -1.47. The molecule has 0 saturated heterocycles. The molecule has 7 heteroatoms. The van der Waals surface area contributed by atoms with Crippen LogP contribution < -0.4 is 0 Å². The highest BCUT2D eigenvalue weighted by atomic mass is 16.4. The third-order valence-electron chi connectivity index (χ3n) is 1.75. The standard InChI is InChI=1S/C7H10N2O5/c10-2-4(11)6(12)3-1-8-9-5(3)7(13)14/h1,4,6,10-12H,2H2,(H,8,9)(H,13,14). The molecule has 0 saturated carbocycles. The molecule has 0 bridgehead atoms. The molecule has 1 rings (SSSR count). The molecule has 0 spiro atoms. The summed E-state index contributed by atoms with van der Waals surface area (Å²) in [7, 11) is 0. The Balaban J connectivity index is 2.94. The van der Waals surface area contributed by atoms with E-state index < -0.39 is 24.8 Å². The number of aromatic nitrogens is 2. The molecule has 78 valence electrons. The van der Waals surface area contributed by atoms with Crippen molar-refractivity contribution in [1.29, 1.82) is 0 Å². The monoisotopic (exact) mass is 202 g/mol. The molecular formula is C7H10N2O5. The summed E-state index contributed by atoms with van der Waals surface area (Å²) in [5.74, 6) is -1.29. The summed E-state index contributed by atoms with van der Waals surface area (Å²) in [5, 5.41) is 41.2. The van der Waals surface area contributed by atoms with E-state index in [0.717, 1.165) is 6.20 Å². The van der Waals surface area contributed by atoms with Crippen LogP contribution in [0.1, 0.15) is 22.2 Å². The fourth-order valence-electron chi connectivity index (χ4n) is 0.998. The smallest absolute Gasteiger partial charge is 0.354 e. The van der Waals surface area contributed by atoms with Crippen LogP contribution in [0.2, 0.25) is 0 Å². The van der Waals surface area contributed by atoms with Gasteiger partial charge in [-0.25, -0.2) is 4.79 Å². The predicted molar refractivity (Wildman–Crippen MR) is 43.6 cm³/mol. The van der Waals surface area contributed by atoms with Gasteiger partial charge in [0, 0.05) is 5.56 Å². The summed E-state index contributed by atoms with van der Waals surface area (Å²) in [6.45, 7) is -0.661. The molecule has 0 aliphatic carbocycles. The van der Waals surface area contributed by atoms with Gasteiger partial charge in [0.2, 0.25) is 0 Å². The number of hydrogen-bond acceptors (Lipinski definition) is 5. The molecule has 1 heterocycles. The lowest BCUT2D eigenvalue weighted by atomic mass is 10.1. The molecule has 0 aliphatic rings. The van der Waals surface area contributed by atoms with Gasteiger partial charge >= 0.3 is 5.97 Å². The second-order valence-corrected chi connectivity index (χ2v) is 2.70. The van der Waals surface area contributed by atoms with Crippen molar-refractivity contribution >= 4 is 5.97 Å². The molecule has 14 heavy (non-hydrogen) atoms. The second kappa shape index (κ2) is 4.18. The molecule has 0 amide bonds. The topological polar surface area (TPSA) is 127 Å². The van der Waals surface area contributed by atoms with E-state index in [0.29, 0.717) is 0 Å². The number of aliphatic hydroxyl groups is 3. The van der Waals surface area contributed by atoms with E-state index in [-0.39, 0.29) is 11.3 Å². The Morgan fingerprint density at radius 2 is 2.21 bits per heavy atom. The van der Waals surface area contributed by atoms with Crippen LogP contribution in [0.25, 0.3) is 0 Å². The first-order valence-electron chi connectivity index (χ1n) is 3.81. The molecule has 5 N–H and O–H groups in total. The molecular weight excluding hydrogens is 192 g/mol. The highest BCUT2D eigenvalue weighted by molar-refractivity contribution is 5.87. The van der Waals surface area contributed by atoms with Crippen molar-refractivity contribution in [2.75, 3.05) is 6.61 Å². The number of rotatable bonds is 4. The van der Waals surface area contributed by atoms with E-state index in [2.05, 4.69) is 10.2 Å². The van der Waals surface area contributed by atoms with E-state index in [1.54, 1.807) is 0 Å². The highest BCUT2D eigenvalue weighted by Crippen LogP contribution is 2.18. The summed E-state index contributed by atoms with van der Waals surface area (Å²) in [5.41, 5.74) is -0.357. The normalized spacial score (nSPS) is 15.1. The van der Waals surface area contributed by atoms with Gasteiger partial charge in [0.25, 0.3) is 0 Å². The molecule has 0 aliphatic heterocycles. The lowest BCUT2D eigenvalue weighted by Gasteiger charge is -2.14. The average molecular weight is 202 g/mol.